The van der Waals surface area contributed by atoms with Crippen LogP contribution in [0.2, 0.25) is 0 Å². The Morgan fingerprint density at radius 1 is 1.38 bits per heavy atom. The third-order valence-corrected chi connectivity index (χ3v) is 4.79. The maximum absolute atomic E-state index is 4.20. The van der Waals surface area contributed by atoms with Gasteiger partial charge in [0.2, 0.25) is 0 Å². The van der Waals surface area contributed by atoms with E-state index in [0.717, 1.165) is 12.4 Å². The molecule has 4 heteroatoms. The van der Waals surface area contributed by atoms with Crippen molar-refractivity contribution in [2.24, 2.45) is 0 Å². The van der Waals surface area contributed by atoms with E-state index >= 15 is 0 Å². The first-order valence-corrected chi connectivity index (χ1v) is 7.12. The normalized spacial score (nSPS) is 19.3. The molecule has 2 rings (SSSR count). The van der Waals surface area contributed by atoms with Crippen molar-refractivity contribution in [3.63, 3.8) is 0 Å². The maximum atomic E-state index is 4.20. The second-order valence-electron chi connectivity index (χ2n) is 4.40. The average molecular weight is 237 g/mol. The molecule has 1 heterocycles. The van der Waals surface area contributed by atoms with E-state index in [9.17, 15) is 0 Å². The molecule has 16 heavy (non-hydrogen) atoms. The summed E-state index contributed by atoms with van der Waals surface area (Å²) in [4.78, 5) is 8.12. The molecule has 88 valence electrons. The number of hydrogen-bond acceptors (Lipinski definition) is 4. The number of anilines is 1. The minimum absolute atomic E-state index is 0.420. The highest BCUT2D eigenvalue weighted by Gasteiger charge is 2.30. The third kappa shape index (κ3) is 2.88. The molecule has 0 spiro atoms. The molecule has 1 aliphatic rings. The van der Waals surface area contributed by atoms with E-state index in [-0.39, 0.29) is 0 Å². The fourth-order valence-corrected chi connectivity index (χ4v) is 3.21. The van der Waals surface area contributed by atoms with E-state index in [1.165, 1.54) is 32.1 Å². The lowest BCUT2D eigenvalue weighted by atomic mass is 9.88. The summed E-state index contributed by atoms with van der Waals surface area (Å²) in [6.07, 6.45) is 12.4. The minimum Gasteiger partial charge on any atom is -0.369 e. The van der Waals surface area contributed by atoms with Crippen LogP contribution in [-0.2, 0) is 0 Å². The van der Waals surface area contributed by atoms with Crippen LogP contribution in [0.4, 0.5) is 5.82 Å². The number of nitrogens with one attached hydrogen (secondary N) is 1. The van der Waals surface area contributed by atoms with Crippen LogP contribution in [0.25, 0.3) is 0 Å². The van der Waals surface area contributed by atoms with Crippen LogP contribution in [0.1, 0.15) is 32.1 Å². The van der Waals surface area contributed by atoms with Crippen molar-refractivity contribution < 1.29 is 0 Å². The lowest BCUT2D eigenvalue weighted by Gasteiger charge is -2.36. The Morgan fingerprint density at radius 3 is 2.81 bits per heavy atom. The predicted molar refractivity (Wildman–Crippen MR) is 69.9 cm³/mol. The van der Waals surface area contributed by atoms with Gasteiger partial charge in [-0.25, -0.2) is 9.97 Å². The van der Waals surface area contributed by atoms with Crippen LogP contribution in [0.15, 0.2) is 18.6 Å². The predicted octanol–water partition coefficient (Wildman–Crippen LogP) is 2.95. The van der Waals surface area contributed by atoms with Gasteiger partial charge in [-0.2, -0.15) is 11.8 Å². The third-order valence-electron chi connectivity index (χ3n) is 3.37. The Labute approximate surface area is 101 Å². The second-order valence-corrected chi connectivity index (χ2v) is 5.67. The smallest absolute Gasteiger partial charge is 0.129 e. The summed E-state index contributed by atoms with van der Waals surface area (Å²) in [5.74, 6) is 0.939. The van der Waals surface area contributed by atoms with Crippen molar-refractivity contribution in [3.05, 3.63) is 18.6 Å². The van der Waals surface area contributed by atoms with Gasteiger partial charge in [-0.3, -0.25) is 0 Å². The molecule has 1 saturated carbocycles. The van der Waals surface area contributed by atoms with Crippen LogP contribution in [-0.4, -0.2) is 27.5 Å². The van der Waals surface area contributed by atoms with Crippen LogP contribution in [0, 0.1) is 0 Å². The number of thioether (sulfide) groups is 1. The average Bonchev–Trinajstić information content (AvgIpc) is 2.39. The second kappa shape index (κ2) is 5.53. The van der Waals surface area contributed by atoms with Gasteiger partial charge in [0.1, 0.15) is 12.1 Å². The molecule has 0 unspecified atom stereocenters. The first kappa shape index (κ1) is 11.7. The van der Waals surface area contributed by atoms with Crippen molar-refractivity contribution >= 4 is 17.6 Å². The zero-order valence-corrected chi connectivity index (χ0v) is 10.6. The number of hydrogen-bond donors (Lipinski definition) is 1. The first-order valence-electron chi connectivity index (χ1n) is 5.90. The Bertz CT molecular complexity index is 309. The standard InChI is InChI=1S/C12H19N3S/c1-16-12(6-3-2-4-7-12)9-14-11-5-8-13-10-15-11/h5,8,10H,2-4,6-7,9H2,1H3,(H,13,14,15). The Hall–Kier alpha value is -0.770. The van der Waals surface area contributed by atoms with Gasteiger partial charge in [0.05, 0.1) is 0 Å². The summed E-state index contributed by atoms with van der Waals surface area (Å²) in [6, 6.07) is 1.93. The van der Waals surface area contributed by atoms with Gasteiger partial charge in [0, 0.05) is 17.5 Å². The van der Waals surface area contributed by atoms with E-state index in [4.69, 9.17) is 0 Å². The molecule has 0 amide bonds. The van der Waals surface area contributed by atoms with E-state index in [1.807, 2.05) is 17.8 Å². The lowest BCUT2D eigenvalue weighted by molar-refractivity contribution is 0.411. The SMILES string of the molecule is CSC1(CNc2ccncn2)CCCCC1. The van der Waals surface area contributed by atoms with Gasteiger partial charge in [-0.1, -0.05) is 19.3 Å². The molecule has 0 bridgehead atoms. The quantitative estimate of drug-likeness (QED) is 0.873. The Morgan fingerprint density at radius 2 is 2.19 bits per heavy atom. The molecular formula is C12H19N3S. The summed E-state index contributed by atoms with van der Waals surface area (Å²) in [5.41, 5.74) is 0. The Kier molecular flexibility index (Phi) is 4.04. The molecular weight excluding hydrogens is 218 g/mol. The largest absolute Gasteiger partial charge is 0.369 e. The van der Waals surface area contributed by atoms with Crippen molar-refractivity contribution in [2.45, 2.75) is 36.9 Å². The number of rotatable bonds is 4. The topological polar surface area (TPSA) is 37.8 Å². The van der Waals surface area contributed by atoms with Crippen LogP contribution < -0.4 is 5.32 Å². The van der Waals surface area contributed by atoms with Gasteiger partial charge in [-0.05, 0) is 25.2 Å². The minimum atomic E-state index is 0.420. The van der Waals surface area contributed by atoms with E-state index in [2.05, 4.69) is 21.5 Å². The highest BCUT2D eigenvalue weighted by Crippen LogP contribution is 2.38. The fraction of sp³-hybridized carbons (Fsp3) is 0.667. The number of aromatic nitrogens is 2. The summed E-state index contributed by atoms with van der Waals surface area (Å²) in [5, 5.41) is 3.43. The monoisotopic (exact) mass is 237 g/mol. The molecule has 1 aromatic heterocycles. The summed E-state index contributed by atoms with van der Waals surface area (Å²) in [6.45, 7) is 1.02. The highest BCUT2D eigenvalue weighted by atomic mass is 32.2. The molecule has 3 nitrogen and oxygen atoms in total. The van der Waals surface area contributed by atoms with E-state index in [0.29, 0.717) is 4.75 Å². The highest BCUT2D eigenvalue weighted by molar-refractivity contribution is 8.00. The van der Waals surface area contributed by atoms with Crippen molar-refractivity contribution in [3.8, 4) is 0 Å². The zero-order valence-electron chi connectivity index (χ0n) is 9.78. The van der Waals surface area contributed by atoms with Gasteiger partial charge in [0.25, 0.3) is 0 Å². The number of nitrogens with zero attached hydrogens (tertiary/aromatic N) is 2. The van der Waals surface area contributed by atoms with E-state index < -0.39 is 0 Å². The van der Waals surface area contributed by atoms with Crippen molar-refractivity contribution in [2.75, 3.05) is 18.1 Å². The van der Waals surface area contributed by atoms with Crippen LogP contribution >= 0.6 is 11.8 Å². The van der Waals surface area contributed by atoms with Gasteiger partial charge in [0.15, 0.2) is 0 Å². The van der Waals surface area contributed by atoms with Crippen molar-refractivity contribution in [1.82, 2.24) is 9.97 Å². The van der Waals surface area contributed by atoms with E-state index in [1.54, 1.807) is 12.5 Å². The van der Waals surface area contributed by atoms with Crippen molar-refractivity contribution in [1.29, 1.82) is 0 Å². The molecule has 0 radical (unpaired) electrons. The first-order chi connectivity index (χ1) is 7.85. The molecule has 0 aromatic carbocycles. The summed E-state index contributed by atoms with van der Waals surface area (Å²) >= 11 is 2.01. The lowest BCUT2D eigenvalue weighted by Crippen LogP contribution is -2.35. The Balaban J connectivity index is 1.92. The summed E-state index contributed by atoms with van der Waals surface area (Å²) in [7, 11) is 0. The van der Waals surface area contributed by atoms with Gasteiger partial charge in [-0.15, -0.1) is 0 Å². The maximum Gasteiger partial charge on any atom is 0.129 e. The molecule has 1 N–H and O–H groups in total. The van der Waals surface area contributed by atoms with Crippen LogP contribution in [0.5, 0.6) is 0 Å². The molecule has 0 atom stereocenters. The fourth-order valence-electron chi connectivity index (χ4n) is 2.30. The molecule has 1 aromatic rings. The molecule has 0 aliphatic heterocycles. The zero-order chi connectivity index (χ0) is 11.3. The summed E-state index contributed by atoms with van der Waals surface area (Å²) < 4.78 is 0.420. The van der Waals surface area contributed by atoms with Gasteiger partial charge < -0.3 is 5.32 Å². The molecule has 1 aliphatic carbocycles. The molecule has 0 saturated heterocycles. The van der Waals surface area contributed by atoms with Crippen LogP contribution in [0.3, 0.4) is 0 Å². The molecule has 1 fully saturated rings. The van der Waals surface area contributed by atoms with Gasteiger partial charge >= 0.3 is 0 Å².